The number of methoxy groups -OCH3 is 3. The standard InChI is InChI=1S/C12H18N2O5/c1-16-9-6-8(19-5-4-11(15)14-13)7-10(17-2)12(9)18-3/h6-7H,4-5,13H2,1-3H3,(H,14,15). The summed E-state index contributed by atoms with van der Waals surface area (Å²) in [5, 5.41) is 0. The van der Waals surface area contributed by atoms with Crippen LogP contribution in [-0.2, 0) is 4.79 Å². The van der Waals surface area contributed by atoms with E-state index in [2.05, 4.69) is 0 Å². The summed E-state index contributed by atoms with van der Waals surface area (Å²) in [6.07, 6.45) is 0.160. The number of hydrogen-bond acceptors (Lipinski definition) is 6. The number of nitrogens with two attached hydrogens (primary N) is 1. The fourth-order valence-electron chi connectivity index (χ4n) is 1.47. The molecule has 0 unspecified atom stereocenters. The van der Waals surface area contributed by atoms with Crippen LogP contribution in [0.15, 0.2) is 12.1 Å². The second-order valence-electron chi connectivity index (χ2n) is 3.53. The third-order valence-electron chi connectivity index (χ3n) is 2.40. The summed E-state index contributed by atoms with van der Waals surface area (Å²) in [6, 6.07) is 3.31. The van der Waals surface area contributed by atoms with E-state index in [1.807, 2.05) is 5.43 Å². The molecule has 7 heteroatoms. The molecule has 19 heavy (non-hydrogen) atoms. The Morgan fingerprint density at radius 2 is 1.74 bits per heavy atom. The molecule has 0 aliphatic carbocycles. The van der Waals surface area contributed by atoms with Crippen molar-refractivity contribution in [1.82, 2.24) is 5.43 Å². The van der Waals surface area contributed by atoms with E-state index in [1.165, 1.54) is 21.3 Å². The molecule has 0 spiro atoms. The highest BCUT2D eigenvalue weighted by Gasteiger charge is 2.14. The molecule has 0 bridgehead atoms. The van der Waals surface area contributed by atoms with Crippen LogP contribution in [0, 0.1) is 0 Å². The number of carbonyl (C=O) groups excluding carboxylic acids is 1. The summed E-state index contributed by atoms with van der Waals surface area (Å²) < 4.78 is 21.0. The van der Waals surface area contributed by atoms with Crippen molar-refractivity contribution in [3.8, 4) is 23.0 Å². The molecule has 0 heterocycles. The van der Waals surface area contributed by atoms with Crippen molar-refractivity contribution in [3.63, 3.8) is 0 Å². The van der Waals surface area contributed by atoms with Gasteiger partial charge in [-0.1, -0.05) is 0 Å². The molecule has 7 nitrogen and oxygen atoms in total. The number of nitrogens with one attached hydrogen (secondary N) is 1. The maximum atomic E-state index is 11.0. The summed E-state index contributed by atoms with van der Waals surface area (Å²) in [4.78, 5) is 11.0. The number of rotatable bonds is 7. The number of ether oxygens (including phenoxy) is 4. The van der Waals surface area contributed by atoms with E-state index in [0.29, 0.717) is 23.0 Å². The van der Waals surface area contributed by atoms with Gasteiger partial charge in [-0.25, -0.2) is 5.84 Å². The monoisotopic (exact) mass is 270 g/mol. The zero-order valence-corrected chi connectivity index (χ0v) is 11.2. The Morgan fingerprint density at radius 3 is 2.16 bits per heavy atom. The SMILES string of the molecule is COc1cc(OCCC(=O)NN)cc(OC)c1OC. The molecule has 3 N–H and O–H groups in total. The lowest BCUT2D eigenvalue weighted by atomic mass is 10.2. The van der Waals surface area contributed by atoms with Gasteiger partial charge in [0.25, 0.3) is 0 Å². The molecule has 0 saturated carbocycles. The molecule has 106 valence electrons. The van der Waals surface area contributed by atoms with Gasteiger partial charge in [0.2, 0.25) is 11.7 Å². The zero-order chi connectivity index (χ0) is 14.3. The molecule has 1 amide bonds. The van der Waals surface area contributed by atoms with Crippen molar-refractivity contribution in [1.29, 1.82) is 0 Å². The smallest absolute Gasteiger partial charge is 0.237 e. The van der Waals surface area contributed by atoms with Crippen molar-refractivity contribution in [2.45, 2.75) is 6.42 Å². The van der Waals surface area contributed by atoms with Crippen LogP contribution < -0.4 is 30.2 Å². The van der Waals surface area contributed by atoms with Crippen LogP contribution >= 0.6 is 0 Å². The van der Waals surface area contributed by atoms with Crippen molar-refractivity contribution < 1.29 is 23.7 Å². The Labute approximate surface area is 111 Å². The summed E-state index contributed by atoms with van der Waals surface area (Å²) in [7, 11) is 4.55. The highest BCUT2D eigenvalue weighted by Crippen LogP contribution is 2.40. The summed E-state index contributed by atoms with van der Waals surface area (Å²) in [5.41, 5.74) is 2.03. The highest BCUT2D eigenvalue weighted by atomic mass is 16.5. The van der Waals surface area contributed by atoms with Crippen LogP contribution in [-0.4, -0.2) is 33.8 Å². The van der Waals surface area contributed by atoms with E-state index in [4.69, 9.17) is 24.8 Å². The third kappa shape index (κ3) is 3.92. The van der Waals surface area contributed by atoms with Gasteiger partial charge in [0, 0.05) is 12.1 Å². The first kappa shape index (κ1) is 14.9. The summed E-state index contributed by atoms with van der Waals surface area (Å²) in [5.74, 6) is 6.64. The molecule has 0 aliphatic rings. The third-order valence-corrected chi connectivity index (χ3v) is 2.40. The Morgan fingerprint density at radius 1 is 1.16 bits per heavy atom. The molecular weight excluding hydrogens is 252 g/mol. The van der Waals surface area contributed by atoms with Crippen LogP contribution in [0.5, 0.6) is 23.0 Å². The minimum atomic E-state index is -0.299. The fourth-order valence-corrected chi connectivity index (χ4v) is 1.47. The molecule has 0 aliphatic heterocycles. The molecule has 1 aromatic rings. The van der Waals surface area contributed by atoms with Crippen molar-refractivity contribution >= 4 is 5.91 Å². The van der Waals surface area contributed by atoms with Gasteiger partial charge in [0.05, 0.1) is 34.4 Å². The van der Waals surface area contributed by atoms with Crippen LogP contribution in [0.25, 0.3) is 0 Å². The Balaban J connectivity index is 2.81. The molecule has 0 aromatic heterocycles. The van der Waals surface area contributed by atoms with Gasteiger partial charge >= 0.3 is 0 Å². The van der Waals surface area contributed by atoms with Crippen LogP contribution in [0.3, 0.4) is 0 Å². The molecule has 1 aromatic carbocycles. The van der Waals surface area contributed by atoms with Crippen LogP contribution in [0.2, 0.25) is 0 Å². The van der Waals surface area contributed by atoms with Gasteiger partial charge in [0.1, 0.15) is 5.75 Å². The lowest BCUT2D eigenvalue weighted by Crippen LogP contribution is -2.31. The van der Waals surface area contributed by atoms with E-state index in [0.717, 1.165) is 0 Å². The van der Waals surface area contributed by atoms with E-state index < -0.39 is 0 Å². The topological polar surface area (TPSA) is 92.0 Å². The van der Waals surface area contributed by atoms with Crippen LogP contribution in [0.4, 0.5) is 0 Å². The number of carbonyl (C=O) groups is 1. The molecule has 1 rings (SSSR count). The van der Waals surface area contributed by atoms with Gasteiger partial charge < -0.3 is 18.9 Å². The maximum absolute atomic E-state index is 11.0. The predicted octanol–water partition coefficient (Wildman–Crippen LogP) is 0.471. The number of benzene rings is 1. The van der Waals surface area contributed by atoms with Gasteiger partial charge in [0.15, 0.2) is 11.5 Å². The first-order valence-corrected chi connectivity index (χ1v) is 5.58. The number of hydrazine groups is 1. The van der Waals surface area contributed by atoms with Crippen molar-refractivity contribution in [2.24, 2.45) is 5.84 Å². The molecular formula is C12H18N2O5. The highest BCUT2D eigenvalue weighted by molar-refractivity contribution is 5.75. The lowest BCUT2D eigenvalue weighted by molar-refractivity contribution is -0.121. The Hall–Kier alpha value is -2.15. The van der Waals surface area contributed by atoms with E-state index in [-0.39, 0.29) is 18.9 Å². The molecule has 0 fully saturated rings. The average molecular weight is 270 g/mol. The Bertz CT molecular complexity index is 411. The zero-order valence-electron chi connectivity index (χ0n) is 11.2. The van der Waals surface area contributed by atoms with Crippen LogP contribution in [0.1, 0.15) is 6.42 Å². The lowest BCUT2D eigenvalue weighted by Gasteiger charge is -2.14. The second kappa shape index (κ2) is 7.32. The van der Waals surface area contributed by atoms with Gasteiger partial charge in [-0.3, -0.25) is 10.2 Å². The summed E-state index contributed by atoms with van der Waals surface area (Å²) in [6.45, 7) is 0.196. The molecule has 0 radical (unpaired) electrons. The van der Waals surface area contributed by atoms with Crippen molar-refractivity contribution in [2.75, 3.05) is 27.9 Å². The Kier molecular flexibility index (Phi) is 5.74. The maximum Gasteiger partial charge on any atom is 0.237 e. The first-order valence-electron chi connectivity index (χ1n) is 5.58. The van der Waals surface area contributed by atoms with E-state index >= 15 is 0 Å². The normalized spacial score (nSPS) is 9.68. The first-order chi connectivity index (χ1) is 9.15. The minimum absolute atomic E-state index is 0.160. The van der Waals surface area contributed by atoms with E-state index in [1.54, 1.807) is 12.1 Å². The van der Waals surface area contributed by atoms with Gasteiger partial charge in [-0.2, -0.15) is 0 Å². The molecule has 0 saturated heterocycles. The summed E-state index contributed by atoms with van der Waals surface area (Å²) >= 11 is 0. The van der Waals surface area contributed by atoms with Gasteiger partial charge in [-0.05, 0) is 0 Å². The predicted molar refractivity (Wildman–Crippen MR) is 68.5 cm³/mol. The number of hydrogen-bond donors (Lipinski definition) is 2. The molecule has 0 atom stereocenters. The average Bonchev–Trinajstić information content (AvgIpc) is 2.45. The van der Waals surface area contributed by atoms with Gasteiger partial charge in [-0.15, -0.1) is 0 Å². The number of amides is 1. The second-order valence-corrected chi connectivity index (χ2v) is 3.53. The fraction of sp³-hybridized carbons (Fsp3) is 0.417. The minimum Gasteiger partial charge on any atom is -0.493 e. The largest absolute Gasteiger partial charge is 0.493 e. The van der Waals surface area contributed by atoms with Crippen molar-refractivity contribution in [3.05, 3.63) is 12.1 Å². The van der Waals surface area contributed by atoms with E-state index in [9.17, 15) is 4.79 Å². The quantitative estimate of drug-likeness (QED) is 0.425.